The number of fused-ring (bicyclic) bond motifs is 21. The molecule has 15 nitrogen and oxygen atoms in total. The van der Waals surface area contributed by atoms with Gasteiger partial charge in [0.15, 0.2) is 0 Å². The van der Waals surface area contributed by atoms with Crippen molar-refractivity contribution < 1.29 is 0 Å². The number of nitrogens with zero attached hydrogens (tertiary/aromatic N) is 15. The Bertz CT molecular complexity index is 4570. The minimum absolute atomic E-state index is 0.604. The first-order chi connectivity index (χ1) is 41.7. The van der Waals surface area contributed by atoms with Gasteiger partial charge in [-0.25, -0.2) is 29.9 Å². The average Bonchev–Trinajstić information content (AvgIpc) is 1.70. The highest BCUT2D eigenvalue weighted by Gasteiger charge is 2.71. The van der Waals surface area contributed by atoms with Crippen LogP contribution in [0.4, 0.5) is 52.0 Å². The Balaban J connectivity index is 0.856. The van der Waals surface area contributed by atoms with E-state index in [9.17, 15) is 0 Å². The van der Waals surface area contributed by atoms with Gasteiger partial charge in [0, 0.05) is 50.9 Å². The van der Waals surface area contributed by atoms with E-state index in [-0.39, 0.29) is 0 Å². The number of anilines is 9. The number of aromatic nitrogens is 9. The molecule has 0 atom stereocenters. The lowest BCUT2D eigenvalue weighted by molar-refractivity contribution is 1.06. The van der Waals surface area contributed by atoms with Crippen LogP contribution in [0.1, 0.15) is 0 Å². The lowest BCUT2D eigenvalue weighted by Gasteiger charge is -2.50. The van der Waals surface area contributed by atoms with Crippen LogP contribution in [-0.4, -0.2) is 65.0 Å². The predicted molar refractivity (Wildman–Crippen MR) is 340 cm³/mol. The third-order valence-corrected chi connectivity index (χ3v) is 17.3. The second-order valence-corrected chi connectivity index (χ2v) is 21.6. The van der Waals surface area contributed by atoms with Crippen LogP contribution in [-0.2, 0) is 0 Å². The van der Waals surface area contributed by atoms with Gasteiger partial charge in [-0.3, -0.25) is 13.7 Å². The molecule has 0 spiro atoms. The van der Waals surface area contributed by atoms with Gasteiger partial charge in [0.05, 0.1) is 50.2 Å². The summed E-state index contributed by atoms with van der Waals surface area (Å²) in [6.07, 6.45) is 5.64. The second kappa shape index (κ2) is 17.1. The molecule has 4 aliphatic rings. The molecule has 0 bridgehead atoms. The standard InChI is InChI=1S/C66H42B3N15/c1-7-25-49-43(19-1)44-20-2-8-26-50(44)76(49)58-34-13-37-61(73-58)79-64-55(31-16-40-70-64)82-67(79)83-56-32-17-41-71-65(56)80(62-38-14-35-59(74-62)77-51-27-9-3-21-45(51)46-22-4-10-28-52(46)77)69(83)84-57-33-18-42-72-66(57)81(68(82)84)63-39-15-36-60(75-63)78-53-29-11-5-23-47(53)48-24-6-12-30-54(48)78/h1-42H. The highest BCUT2D eigenvalue weighted by molar-refractivity contribution is 7.11. The van der Waals surface area contributed by atoms with E-state index in [1.165, 1.54) is 0 Å². The number of rotatable bonds is 6. The Morgan fingerprint density at radius 3 is 0.726 bits per heavy atom. The van der Waals surface area contributed by atoms with Gasteiger partial charge in [-0.05, 0) is 109 Å². The molecule has 1 fully saturated rings. The lowest BCUT2D eigenvalue weighted by Crippen LogP contribution is -2.83. The van der Waals surface area contributed by atoms with E-state index in [1.807, 2.05) is 36.8 Å². The largest absolute Gasteiger partial charge is 0.492 e. The molecule has 13 heterocycles. The topological polar surface area (TPSA) is 112 Å². The summed E-state index contributed by atoms with van der Waals surface area (Å²) in [6.45, 7) is 0. The maximum Gasteiger partial charge on any atom is 0.492 e. The van der Waals surface area contributed by atoms with Gasteiger partial charge in [0.2, 0.25) is 0 Å². The molecule has 0 aliphatic carbocycles. The first kappa shape index (κ1) is 45.4. The Kier molecular flexibility index (Phi) is 9.22. The van der Waals surface area contributed by atoms with Crippen LogP contribution in [0.25, 0.3) is 82.9 Å². The van der Waals surface area contributed by atoms with Crippen LogP contribution in [0.3, 0.4) is 0 Å². The lowest BCUT2D eigenvalue weighted by atomic mass is 9.56. The van der Waals surface area contributed by atoms with Crippen LogP contribution in [0.15, 0.2) is 255 Å². The molecule has 18 heteroatoms. The number of pyridine rings is 6. The molecule has 0 radical (unpaired) electrons. The molecule has 9 aromatic heterocycles. The van der Waals surface area contributed by atoms with Crippen molar-refractivity contribution in [3.8, 4) is 17.5 Å². The summed E-state index contributed by atoms with van der Waals surface area (Å²) in [5, 5.41) is 6.98. The minimum Gasteiger partial charge on any atom is -0.381 e. The molecule has 390 valence electrons. The van der Waals surface area contributed by atoms with Crippen molar-refractivity contribution in [1.82, 2.24) is 43.6 Å². The van der Waals surface area contributed by atoms with E-state index in [0.29, 0.717) is 0 Å². The molecule has 19 rings (SSSR count). The maximum absolute atomic E-state index is 5.71. The van der Waals surface area contributed by atoms with Crippen molar-refractivity contribution >= 4 is 139 Å². The van der Waals surface area contributed by atoms with Gasteiger partial charge in [0.1, 0.15) is 52.4 Å². The molecule has 15 aromatic rings. The average molecular weight is 1080 g/mol. The highest BCUT2D eigenvalue weighted by Crippen LogP contribution is 2.56. The van der Waals surface area contributed by atoms with Gasteiger partial charge >= 0.3 is 21.4 Å². The highest BCUT2D eigenvalue weighted by atomic mass is 15.6. The quantitative estimate of drug-likeness (QED) is 0.148. The summed E-state index contributed by atoms with van der Waals surface area (Å²) in [7, 11) is -1.81. The van der Waals surface area contributed by atoms with E-state index in [1.54, 1.807) is 0 Å². The third-order valence-electron chi connectivity index (χ3n) is 17.3. The molecule has 0 unspecified atom stereocenters. The zero-order chi connectivity index (χ0) is 54.7. The molecule has 6 aromatic carbocycles. The molecular formula is C66H42B3N15. The molecule has 0 saturated carbocycles. The van der Waals surface area contributed by atoms with Crippen molar-refractivity contribution in [1.29, 1.82) is 0 Å². The number of para-hydroxylation sites is 6. The Morgan fingerprint density at radius 2 is 0.464 bits per heavy atom. The molecule has 4 aliphatic heterocycles. The first-order valence-electron chi connectivity index (χ1n) is 28.2. The van der Waals surface area contributed by atoms with E-state index < -0.39 is 21.4 Å². The Labute approximate surface area is 481 Å². The zero-order valence-electron chi connectivity index (χ0n) is 44.7. The first-order valence-corrected chi connectivity index (χ1v) is 28.2. The van der Waals surface area contributed by atoms with E-state index in [4.69, 9.17) is 29.9 Å². The fraction of sp³-hybridized carbons (Fsp3) is 0. The van der Waals surface area contributed by atoms with Gasteiger partial charge in [-0.1, -0.05) is 127 Å². The maximum atomic E-state index is 5.71. The Hall–Kier alpha value is -11.4. The van der Waals surface area contributed by atoms with Crippen LogP contribution in [0.5, 0.6) is 0 Å². The van der Waals surface area contributed by atoms with Gasteiger partial charge < -0.3 is 28.6 Å². The minimum atomic E-state index is -0.604. The van der Waals surface area contributed by atoms with Crippen molar-refractivity contribution in [2.45, 2.75) is 0 Å². The van der Waals surface area contributed by atoms with Crippen LogP contribution < -0.4 is 28.6 Å². The van der Waals surface area contributed by atoms with Gasteiger partial charge in [-0.15, -0.1) is 0 Å². The van der Waals surface area contributed by atoms with E-state index >= 15 is 0 Å². The fourth-order valence-corrected chi connectivity index (χ4v) is 14.1. The van der Waals surface area contributed by atoms with Crippen molar-refractivity contribution in [2.24, 2.45) is 0 Å². The van der Waals surface area contributed by atoms with Crippen molar-refractivity contribution in [2.75, 3.05) is 28.6 Å². The summed E-state index contributed by atoms with van der Waals surface area (Å²) < 4.78 is 14.2. The predicted octanol–water partition coefficient (Wildman–Crippen LogP) is 13.6. The van der Waals surface area contributed by atoms with Crippen LogP contribution >= 0.6 is 0 Å². The van der Waals surface area contributed by atoms with Gasteiger partial charge in [-0.2, -0.15) is 0 Å². The summed E-state index contributed by atoms with van der Waals surface area (Å²) in [4.78, 5) is 40.0. The van der Waals surface area contributed by atoms with Crippen molar-refractivity contribution in [3.05, 3.63) is 255 Å². The summed E-state index contributed by atoms with van der Waals surface area (Å²) >= 11 is 0. The summed E-state index contributed by atoms with van der Waals surface area (Å²) in [5.41, 5.74) is 9.18. The molecule has 0 N–H and O–H groups in total. The zero-order valence-corrected chi connectivity index (χ0v) is 44.7. The third kappa shape index (κ3) is 6.06. The summed E-state index contributed by atoms with van der Waals surface area (Å²) in [5.74, 6) is 6.77. The molecular weight excluding hydrogens is 1040 g/mol. The molecule has 1 saturated heterocycles. The fourth-order valence-electron chi connectivity index (χ4n) is 14.1. The van der Waals surface area contributed by atoms with E-state index in [2.05, 4.69) is 261 Å². The number of benzene rings is 6. The smallest absolute Gasteiger partial charge is 0.381 e. The molecule has 84 heavy (non-hydrogen) atoms. The number of hydrogen-bond donors (Lipinski definition) is 0. The van der Waals surface area contributed by atoms with Crippen LogP contribution in [0, 0.1) is 0 Å². The Morgan fingerprint density at radius 1 is 0.226 bits per heavy atom. The number of hydrogen-bond acceptors (Lipinski definition) is 12. The van der Waals surface area contributed by atoms with E-state index in [0.717, 1.165) is 135 Å². The second-order valence-electron chi connectivity index (χ2n) is 21.6. The summed E-state index contributed by atoms with van der Waals surface area (Å²) in [6, 6.07) is 83.0. The van der Waals surface area contributed by atoms with Crippen LogP contribution in [0.2, 0.25) is 0 Å². The molecule has 0 amide bonds. The van der Waals surface area contributed by atoms with Gasteiger partial charge in [0.25, 0.3) is 0 Å². The van der Waals surface area contributed by atoms with Crippen molar-refractivity contribution in [3.63, 3.8) is 0 Å². The SMILES string of the molecule is c1cc(N2B3N(B4N(B5N3c3cccnc3N5c3cccc(-n5c6ccccc6c6ccccc65)n3)c3cccnc3N4c3cccc(-n4c5ccccc5c5ccccc54)n3)c3cccnc32)nc(-n2c3ccccc3c3ccccc32)c1. The normalized spacial score (nSPS) is 14.2. The monoisotopic (exact) mass is 1080 g/mol.